The molecule has 0 amide bonds. The van der Waals surface area contributed by atoms with Crippen LogP contribution in [-0.4, -0.2) is 17.0 Å². The van der Waals surface area contributed by atoms with Crippen LogP contribution in [0.15, 0.2) is 30.3 Å². The molecule has 0 atom stereocenters. The smallest absolute Gasteiger partial charge is 0.132 e. The Morgan fingerprint density at radius 3 is 2.61 bits per heavy atom. The molecule has 2 aromatic rings. The summed E-state index contributed by atoms with van der Waals surface area (Å²) < 4.78 is 13.1. The van der Waals surface area contributed by atoms with Gasteiger partial charge in [-0.05, 0) is 31.5 Å². The summed E-state index contributed by atoms with van der Waals surface area (Å²) in [7, 11) is 1.94. The zero-order valence-electron chi connectivity index (χ0n) is 10.8. The fraction of sp³-hybridized carbons (Fsp3) is 0.286. The largest absolute Gasteiger partial charge is 0.355 e. The summed E-state index contributed by atoms with van der Waals surface area (Å²) in [6.07, 6.45) is 0. The zero-order valence-corrected chi connectivity index (χ0v) is 10.8. The first-order valence-electron chi connectivity index (χ1n) is 5.82. The van der Waals surface area contributed by atoms with E-state index in [4.69, 9.17) is 0 Å². The Labute approximate surface area is 106 Å². The standard InChI is InChI=1S/C14H16FN3/c1-10-7-14(17-11(2)16-10)18(3)9-12-5-4-6-13(15)8-12/h4-8H,9H2,1-3H3. The minimum atomic E-state index is -0.212. The molecule has 1 heterocycles. The second-order valence-corrected chi connectivity index (χ2v) is 4.40. The molecule has 0 aliphatic heterocycles. The molecule has 18 heavy (non-hydrogen) atoms. The summed E-state index contributed by atoms with van der Waals surface area (Å²) in [5.41, 5.74) is 1.86. The Morgan fingerprint density at radius 1 is 1.17 bits per heavy atom. The predicted octanol–water partition coefficient (Wildman–Crippen LogP) is 2.87. The number of hydrogen-bond donors (Lipinski definition) is 0. The fourth-order valence-electron chi connectivity index (χ4n) is 1.88. The Bertz CT molecular complexity index is 534. The van der Waals surface area contributed by atoms with Gasteiger partial charge in [-0.2, -0.15) is 0 Å². The lowest BCUT2D eigenvalue weighted by atomic mass is 10.2. The lowest BCUT2D eigenvalue weighted by Crippen LogP contribution is -2.18. The van der Waals surface area contributed by atoms with Gasteiger partial charge in [-0.15, -0.1) is 0 Å². The third kappa shape index (κ3) is 3.03. The van der Waals surface area contributed by atoms with Crippen molar-refractivity contribution in [2.45, 2.75) is 20.4 Å². The molecule has 0 saturated carbocycles. The topological polar surface area (TPSA) is 29.0 Å². The van der Waals surface area contributed by atoms with Gasteiger partial charge in [0.1, 0.15) is 17.5 Å². The lowest BCUT2D eigenvalue weighted by molar-refractivity contribution is 0.625. The first-order chi connectivity index (χ1) is 8.54. The number of aryl methyl sites for hydroxylation is 2. The van der Waals surface area contributed by atoms with Crippen molar-refractivity contribution in [3.05, 3.63) is 53.2 Å². The monoisotopic (exact) mass is 245 g/mol. The normalized spacial score (nSPS) is 10.4. The van der Waals surface area contributed by atoms with Crippen molar-refractivity contribution in [1.29, 1.82) is 0 Å². The van der Waals surface area contributed by atoms with Crippen molar-refractivity contribution >= 4 is 5.82 Å². The van der Waals surface area contributed by atoms with Crippen molar-refractivity contribution in [2.24, 2.45) is 0 Å². The van der Waals surface area contributed by atoms with Crippen LogP contribution >= 0.6 is 0 Å². The highest BCUT2D eigenvalue weighted by Crippen LogP contribution is 2.14. The Balaban J connectivity index is 2.19. The van der Waals surface area contributed by atoms with Crippen LogP contribution in [0.4, 0.5) is 10.2 Å². The van der Waals surface area contributed by atoms with Gasteiger partial charge in [0.05, 0.1) is 0 Å². The van der Waals surface area contributed by atoms with Crippen molar-refractivity contribution in [1.82, 2.24) is 9.97 Å². The summed E-state index contributed by atoms with van der Waals surface area (Å²) in [4.78, 5) is 10.6. The van der Waals surface area contributed by atoms with Gasteiger partial charge in [0.15, 0.2) is 0 Å². The molecule has 0 radical (unpaired) electrons. The molecule has 0 fully saturated rings. The van der Waals surface area contributed by atoms with Crippen LogP contribution in [-0.2, 0) is 6.54 Å². The summed E-state index contributed by atoms with van der Waals surface area (Å²) >= 11 is 0. The second kappa shape index (κ2) is 5.12. The minimum Gasteiger partial charge on any atom is -0.355 e. The van der Waals surface area contributed by atoms with Gasteiger partial charge in [0.25, 0.3) is 0 Å². The van der Waals surface area contributed by atoms with Crippen molar-refractivity contribution in [3.63, 3.8) is 0 Å². The molecule has 0 spiro atoms. The molecule has 0 aliphatic carbocycles. The molecule has 94 valence electrons. The van der Waals surface area contributed by atoms with E-state index in [2.05, 4.69) is 9.97 Å². The first kappa shape index (κ1) is 12.5. The van der Waals surface area contributed by atoms with Crippen LogP contribution in [0.5, 0.6) is 0 Å². The van der Waals surface area contributed by atoms with Crippen LogP contribution in [0, 0.1) is 19.7 Å². The van der Waals surface area contributed by atoms with E-state index in [0.717, 1.165) is 22.9 Å². The Morgan fingerprint density at radius 2 is 1.94 bits per heavy atom. The number of anilines is 1. The maximum Gasteiger partial charge on any atom is 0.132 e. The second-order valence-electron chi connectivity index (χ2n) is 4.40. The molecule has 1 aromatic heterocycles. The number of rotatable bonds is 3. The van der Waals surface area contributed by atoms with E-state index >= 15 is 0 Å². The molecule has 3 nitrogen and oxygen atoms in total. The SMILES string of the molecule is Cc1cc(N(C)Cc2cccc(F)c2)nc(C)n1. The van der Waals surface area contributed by atoms with Crippen LogP contribution in [0.25, 0.3) is 0 Å². The summed E-state index contributed by atoms with van der Waals surface area (Å²) in [5.74, 6) is 1.39. The van der Waals surface area contributed by atoms with Gasteiger partial charge in [-0.1, -0.05) is 12.1 Å². The third-order valence-electron chi connectivity index (χ3n) is 2.65. The van der Waals surface area contributed by atoms with Crippen LogP contribution < -0.4 is 4.90 Å². The quantitative estimate of drug-likeness (QED) is 0.832. The minimum absolute atomic E-state index is 0.212. The molecule has 0 N–H and O–H groups in total. The van der Waals surface area contributed by atoms with Gasteiger partial charge < -0.3 is 4.90 Å². The van der Waals surface area contributed by atoms with Crippen LogP contribution in [0.1, 0.15) is 17.1 Å². The highest BCUT2D eigenvalue weighted by atomic mass is 19.1. The molecule has 0 bridgehead atoms. The van der Waals surface area contributed by atoms with E-state index in [1.807, 2.05) is 37.9 Å². The fourth-order valence-corrected chi connectivity index (χ4v) is 1.88. The van der Waals surface area contributed by atoms with E-state index in [1.54, 1.807) is 6.07 Å². The van der Waals surface area contributed by atoms with E-state index < -0.39 is 0 Å². The Kier molecular flexibility index (Phi) is 3.55. The summed E-state index contributed by atoms with van der Waals surface area (Å²) in [6.45, 7) is 4.42. The van der Waals surface area contributed by atoms with E-state index in [1.165, 1.54) is 12.1 Å². The highest BCUT2D eigenvalue weighted by Gasteiger charge is 2.06. The molecule has 0 unspecified atom stereocenters. The average Bonchev–Trinajstić information content (AvgIpc) is 2.27. The maximum atomic E-state index is 13.1. The number of aromatic nitrogens is 2. The Hall–Kier alpha value is -1.97. The average molecular weight is 245 g/mol. The molecule has 4 heteroatoms. The predicted molar refractivity (Wildman–Crippen MR) is 70.0 cm³/mol. The van der Waals surface area contributed by atoms with Gasteiger partial charge in [-0.3, -0.25) is 0 Å². The third-order valence-corrected chi connectivity index (χ3v) is 2.65. The van der Waals surface area contributed by atoms with E-state index in [9.17, 15) is 4.39 Å². The molecule has 0 aliphatic rings. The van der Waals surface area contributed by atoms with Gasteiger partial charge in [0, 0.05) is 25.4 Å². The highest BCUT2D eigenvalue weighted by molar-refractivity contribution is 5.39. The maximum absolute atomic E-state index is 13.1. The van der Waals surface area contributed by atoms with Crippen LogP contribution in [0.2, 0.25) is 0 Å². The summed E-state index contributed by atoms with van der Waals surface area (Å²) in [5, 5.41) is 0. The first-order valence-corrected chi connectivity index (χ1v) is 5.82. The van der Waals surface area contributed by atoms with Crippen molar-refractivity contribution < 1.29 is 4.39 Å². The van der Waals surface area contributed by atoms with Crippen LogP contribution in [0.3, 0.4) is 0 Å². The number of halogens is 1. The lowest BCUT2D eigenvalue weighted by Gasteiger charge is -2.19. The number of hydrogen-bond acceptors (Lipinski definition) is 3. The van der Waals surface area contributed by atoms with Gasteiger partial charge in [-0.25, -0.2) is 14.4 Å². The molecular weight excluding hydrogens is 229 g/mol. The number of benzene rings is 1. The van der Waals surface area contributed by atoms with Crippen molar-refractivity contribution in [3.8, 4) is 0 Å². The van der Waals surface area contributed by atoms with E-state index in [-0.39, 0.29) is 5.82 Å². The molecular formula is C14H16FN3. The van der Waals surface area contributed by atoms with Gasteiger partial charge >= 0.3 is 0 Å². The van der Waals surface area contributed by atoms with Crippen molar-refractivity contribution in [2.75, 3.05) is 11.9 Å². The zero-order chi connectivity index (χ0) is 13.1. The summed E-state index contributed by atoms with van der Waals surface area (Å²) in [6, 6.07) is 8.53. The molecule has 2 rings (SSSR count). The van der Waals surface area contributed by atoms with Gasteiger partial charge in [0.2, 0.25) is 0 Å². The number of nitrogens with zero attached hydrogens (tertiary/aromatic N) is 3. The van der Waals surface area contributed by atoms with E-state index in [0.29, 0.717) is 6.54 Å². The molecule has 0 saturated heterocycles. The molecule has 1 aromatic carbocycles.